The number of piperazine rings is 1. The molecule has 2 amide bonds. The highest BCUT2D eigenvalue weighted by Crippen LogP contribution is 2.22. The standard InChI is InChI=1S/C13H25N3O2/c1-5-13(6-2)12(18)16(10-11(17)14-13)9-7-8-15(3)4/h5-10H2,1-4H3,(H,14,17). The van der Waals surface area contributed by atoms with Crippen molar-refractivity contribution in [3.63, 3.8) is 0 Å². The third-order valence-corrected chi connectivity index (χ3v) is 3.65. The van der Waals surface area contributed by atoms with Gasteiger partial charge in [0.15, 0.2) is 0 Å². The van der Waals surface area contributed by atoms with Crippen LogP contribution in [0.2, 0.25) is 0 Å². The number of nitrogens with one attached hydrogen (secondary N) is 1. The van der Waals surface area contributed by atoms with Crippen LogP contribution in [-0.4, -0.2) is 60.9 Å². The molecule has 1 rings (SSSR count). The molecular weight excluding hydrogens is 230 g/mol. The lowest BCUT2D eigenvalue weighted by Gasteiger charge is -2.41. The van der Waals surface area contributed by atoms with Gasteiger partial charge in [0, 0.05) is 6.54 Å². The second kappa shape index (κ2) is 6.18. The highest BCUT2D eigenvalue weighted by atomic mass is 16.2. The van der Waals surface area contributed by atoms with Gasteiger partial charge < -0.3 is 15.1 Å². The van der Waals surface area contributed by atoms with Gasteiger partial charge in [0.05, 0.1) is 6.54 Å². The summed E-state index contributed by atoms with van der Waals surface area (Å²) in [5, 5.41) is 2.87. The van der Waals surface area contributed by atoms with Crippen molar-refractivity contribution in [1.29, 1.82) is 0 Å². The van der Waals surface area contributed by atoms with Crippen molar-refractivity contribution in [3.05, 3.63) is 0 Å². The topological polar surface area (TPSA) is 52.7 Å². The Morgan fingerprint density at radius 2 is 1.89 bits per heavy atom. The van der Waals surface area contributed by atoms with Crippen molar-refractivity contribution in [1.82, 2.24) is 15.1 Å². The van der Waals surface area contributed by atoms with Gasteiger partial charge in [-0.15, -0.1) is 0 Å². The first-order chi connectivity index (χ1) is 8.45. The number of hydrogen-bond acceptors (Lipinski definition) is 3. The summed E-state index contributed by atoms with van der Waals surface area (Å²) >= 11 is 0. The Morgan fingerprint density at radius 1 is 1.28 bits per heavy atom. The average Bonchev–Trinajstić information content (AvgIpc) is 2.32. The highest BCUT2D eigenvalue weighted by Gasteiger charge is 2.43. The molecule has 0 aliphatic carbocycles. The van der Waals surface area contributed by atoms with Crippen molar-refractivity contribution in [2.75, 3.05) is 33.7 Å². The van der Waals surface area contributed by atoms with Crippen LogP contribution < -0.4 is 5.32 Å². The summed E-state index contributed by atoms with van der Waals surface area (Å²) in [6.45, 7) is 5.69. The number of carbonyl (C=O) groups excluding carboxylic acids is 2. The first-order valence-electron chi connectivity index (χ1n) is 6.70. The maximum atomic E-state index is 12.4. The number of carbonyl (C=O) groups is 2. The van der Waals surface area contributed by atoms with Gasteiger partial charge in [0.25, 0.3) is 0 Å². The van der Waals surface area contributed by atoms with E-state index in [0.717, 1.165) is 13.0 Å². The molecule has 0 aromatic heterocycles. The van der Waals surface area contributed by atoms with Crippen LogP contribution in [0.25, 0.3) is 0 Å². The Bertz CT molecular complexity index is 311. The lowest BCUT2D eigenvalue weighted by Crippen LogP contribution is -2.66. The van der Waals surface area contributed by atoms with E-state index in [1.807, 2.05) is 27.9 Å². The zero-order chi connectivity index (χ0) is 13.8. The fourth-order valence-corrected chi connectivity index (χ4v) is 2.40. The summed E-state index contributed by atoms with van der Waals surface area (Å²) in [6.07, 6.45) is 2.20. The van der Waals surface area contributed by atoms with Crippen LogP contribution in [0.15, 0.2) is 0 Å². The molecule has 1 saturated heterocycles. The Morgan fingerprint density at radius 3 is 2.39 bits per heavy atom. The fraction of sp³-hybridized carbons (Fsp3) is 0.846. The summed E-state index contributed by atoms with van der Waals surface area (Å²) in [5.74, 6) is 0.0361. The monoisotopic (exact) mass is 255 g/mol. The molecule has 0 spiro atoms. The normalized spacial score (nSPS) is 19.3. The van der Waals surface area contributed by atoms with E-state index in [-0.39, 0.29) is 18.4 Å². The molecule has 5 heteroatoms. The maximum Gasteiger partial charge on any atom is 0.248 e. The highest BCUT2D eigenvalue weighted by molar-refractivity contribution is 5.97. The molecule has 1 N–H and O–H groups in total. The van der Waals surface area contributed by atoms with Gasteiger partial charge in [-0.05, 0) is 39.9 Å². The molecule has 0 bridgehead atoms. The minimum absolute atomic E-state index is 0.0387. The van der Waals surface area contributed by atoms with E-state index in [2.05, 4.69) is 10.2 Å². The van der Waals surface area contributed by atoms with Crippen molar-refractivity contribution in [3.8, 4) is 0 Å². The molecule has 0 radical (unpaired) electrons. The van der Waals surface area contributed by atoms with Crippen LogP contribution >= 0.6 is 0 Å². The van der Waals surface area contributed by atoms with Crippen molar-refractivity contribution >= 4 is 11.8 Å². The summed E-state index contributed by atoms with van der Waals surface area (Å²) < 4.78 is 0. The smallest absolute Gasteiger partial charge is 0.248 e. The number of hydrogen-bond donors (Lipinski definition) is 1. The van der Waals surface area contributed by atoms with E-state index in [1.54, 1.807) is 4.90 Å². The van der Waals surface area contributed by atoms with Gasteiger partial charge in [-0.1, -0.05) is 13.8 Å². The van der Waals surface area contributed by atoms with E-state index in [1.165, 1.54) is 0 Å². The Hall–Kier alpha value is -1.10. The summed E-state index contributed by atoms with van der Waals surface area (Å²) in [7, 11) is 4.01. The zero-order valence-electron chi connectivity index (χ0n) is 12.0. The summed E-state index contributed by atoms with van der Waals surface area (Å²) in [6, 6.07) is 0. The predicted molar refractivity (Wildman–Crippen MR) is 71.2 cm³/mol. The van der Waals surface area contributed by atoms with E-state index in [0.29, 0.717) is 19.4 Å². The van der Waals surface area contributed by atoms with E-state index in [4.69, 9.17) is 0 Å². The van der Waals surface area contributed by atoms with Crippen LogP contribution in [-0.2, 0) is 9.59 Å². The predicted octanol–water partition coefficient (Wildman–Crippen LogP) is 0.455. The molecular formula is C13H25N3O2. The van der Waals surface area contributed by atoms with Gasteiger partial charge in [0.1, 0.15) is 5.54 Å². The second-order valence-electron chi connectivity index (χ2n) is 5.22. The van der Waals surface area contributed by atoms with E-state index in [9.17, 15) is 9.59 Å². The Balaban J connectivity index is 2.67. The molecule has 0 saturated carbocycles. The zero-order valence-corrected chi connectivity index (χ0v) is 12.0. The molecule has 0 aromatic carbocycles. The van der Waals surface area contributed by atoms with Crippen molar-refractivity contribution in [2.24, 2.45) is 0 Å². The number of nitrogens with zero attached hydrogens (tertiary/aromatic N) is 2. The average molecular weight is 255 g/mol. The second-order valence-corrected chi connectivity index (χ2v) is 5.22. The van der Waals surface area contributed by atoms with Crippen LogP contribution in [0.1, 0.15) is 33.1 Å². The van der Waals surface area contributed by atoms with Crippen LogP contribution in [0.5, 0.6) is 0 Å². The molecule has 0 unspecified atom stereocenters. The van der Waals surface area contributed by atoms with E-state index >= 15 is 0 Å². The SMILES string of the molecule is CCC1(CC)NC(=O)CN(CCCN(C)C)C1=O. The van der Waals surface area contributed by atoms with Gasteiger partial charge in [-0.3, -0.25) is 9.59 Å². The minimum Gasteiger partial charge on any atom is -0.340 e. The molecule has 1 aliphatic heterocycles. The number of amides is 2. The lowest BCUT2D eigenvalue weighted by atomic mass is 9.89. The third-order valence-electron chi connectivity index (χ3n) is 3.65. The first-order valence-corrected chi connectivity index (χ1v) is 6.70. The third kappa shape index (κ3) is 3.22. The molecule has 5 nitrogen and oxygen atoms in total. The van der Waals surface area contributed by atoms with Gasteiger partial charge in [-0.2, -0.15) is 0 Å². The van der Waals surface area contributed by atoms with Gasteiger partial charge in [-0.25, -0.2) is 0 Å². The molecule has 104 valence electrons. The molecule has 0 atom stereocenters. The first kappa shape index (κ1) is 15.0. The summed E-state index contributed by atoms with van der Waals surface area (Å²) in [5.41, 5.74) is -0.673. The van der Waals surface area contributed by atoms with Gasteiger partial charge >= 0.3 is 0 Å². The quantitative estimate of drug-likeness (QED) is 0.750. The lowest BCUT2D eigenvalue weighted by molar-refractivity contribution is -0.150. The maximum absolute atomic E-state index is 12.4. The van der Waals surface area contributed by atoms with Crippen LogP contribution in [0, 0.1) is 0 Å². The number of rotatable bonds is 6. The van der Waals surface area contributed by atoms with Crippen molar-refractivity contribution < 1.29 is 9.59 Å². The van der Waals surface area contributed by atoms with Crippen LogP contribution in [0.3, 0.4) is 0 Å². The Kier molecular flexibility index (Phi) is 5.14. The molecule has 0 aromatic rings. The van der Waals surface area contributed by atoms with E-state index < -0.39 is 5.54 Å². The Labute approximate surface area is 110 Å². The fourth-order valence-electron chi connectivity index (χ4n) is 2.40. The molecule has 1 fully saturated rings. The molecule has 1 aliphatic rings. The minimum atomic E-state index is -0.673. The molecule has 1 heterocycles. The summed E-state index contributed by atoms with van der Waals surface area (Å²) in [4.78, 5) is 28.0. The van der Waals surface area contributed by atoms with Crippen molar-refractivity contribution in [2.45, 2.75) is 38.6 Å². The molecule has 18 heavy (non-hydrogen) atoms. The van der Waals surface area contributed by atoms with Crippen LogP contribution in [0.4, 0.5) is 0 Å². The van der Waals surface area contributed by atoms with Gasteiger partial charge in [0.2, 0.25) is 11.8 Å². The largest absolute Gasteiger partial charge is 0.340 e.